The van der Waals surface area contributed by atoms with E-state index in [4.69, 9.17) is 4.74 Å². The SMILES string of the molecule is CC(C)CCn1c(CN(C)C2CCOC2)cnc1S(=O)(=O)C(C)C. The van der Waals surface area contributed by atoms with Gasteiger partial charge in [-0.05, 0) is 39.7 Å². The van der Waals surface area contributed by atoms with E-state index in [2.05, 4.69) is 30.8 Å². The summed E-state index contributed by atoms with van der Waals surface area (Å²) in [5.41, 5.74) is 0.962. The molecule has 1 fully saturated rings. The van der Waals surface area contributed by atoms with Crippen molar-refractivity contribution in [3.8, 4) is 0 Å². The molecular weight excluding hydrogens is 326 g/mol. The molecule has 0 radical (unpaired) electrons. The molecule has 1 aromatic rings. The zero-order valence-corrected chi connectivity index (χ0v) is 16.3. The van der Waals surface area contributed by atoms with Gasteiger partial charge in [-0.2, -0.15) is 0 Å². The van der Waals surface area contributed by atoms with Crippen LogP contribution in [0, 0.1) is 5.92 Å². The maximum Gasteiger partial charge on any atom is 0.228 e. The van der Waals surface area contributed by atoms with Crippen molar-refractivity contribution in [2.24, 2.45) is 5.92 Å². The van der Waals surface area contributed by atoms with E-state index < -0.39 is 15.1 Å². The van der Waals surface area contributed by atoms with Gasteiger partial charge in [-0.3, -0.25) is 4.90 Å². The number of nitrogens with zero attached hydrogens (tertiary/aromatic N) is 3. The first kappa shape index (κ1) is 19.4. The van der Waals surface area contributed by atoms with Crippen LogP contribution in [0.15, 0.2) is 11.4 Å². The second-order valence-electron chi connectivity index (χ2n) is 7.39. The normalized spacial score (nSPS) is 19.1. The van der Waals surface area contributed by atoms with Crippen LogP contribution in [-0.4, -0.2) is 54.4 Å². The Morgan fingerprint density at radius 3 is 2.62 bits per heavy atom. The molecule has 0 bridgehead atoms. The van der Waals surface area contributed by atoms with Crippen LogP contribution >= 0.6 is 0 Å². The quantitative estimate of drug-likeness (QED) is 0.714. The van der Waals surface area contributed by atoms with Crippen LogP contribution in [0.3, 0.4) is 0 Å². The molecule has 0 aliphatic carbocycles. The lowest BCUT2D eigenvalue weighted by Gasteiger charge is -2.24. The number of hydrogen-bond acceptors (Lipinski definition) is 5. The lowest BCUT2D eigenvalue weighted by atomic mass is 10.1. The van der Waals surface area contributed by atoms with Crippen LogP contribution in [0.5, 0.6) is 0 Å². The average molecular weight is 358 g/mol. The molecule has 1 aliphatic heterocycles. The molecule has 2 rings (SSSR count). The summed E-state index contributed by atoms with van der Waals surface area (Å²) < 4.78 is 32.6. The fourth-order valence-corrected chi connectivity index (χ4v) is 3.97. The minimum atomic E-state index is -3.38. The molecule has 0 saturated carbocycles. The Morgan fingerprint density at radius 2 is 2.08 bits per heavy atom. The van der Waals surface area contributed by atoms with E-state index >= 15 is 0 Å². The van der Waals surface area contributed by atoms with Crippen molar-refractivity contribution >= 4 is 9.84 Å². The van der Waals surface area contributed by atoms with E-state index in [9.17, 15) is 8.42 Å². The zero-order chi connectivity index (χ0) is 17.9. The van der Waals surface area contributed by atoms with Crippen molar-refractivity contribution < 1.29 is 13.2 Å². The van der Waals surface area contributed by atoms with Gasteiger partial charge in [0, 0.05) is 25.7 Å². The number of likely N-dealkylation sites (N-methyl/N-ethyl adjacent to an activating group) is 1. The van der Waals surface area contributed by atoms with Crippen molar-refractivity contribution in [3.63, 3.8) is 0 Å². The maximum atomic E-state index is 12.6. The molecule has 2 heterocycles. The standard InChI is InChI=1S/C17H31N3O3S/c1-13(2)6-8-20-16(11-19(5)15-7-9-23-12-15)10-18-17(20)24(21,22)14(3)4/h10,13-15H,6-9,11-12H2,1-5H3. The van der Waals surface area contributed by atoms with Gasteiger partial charge >= 0.3 is 0 Å². The van der Waals surface area contributed by atoms with E-state index in [1.54, 1.807) is 20.0 Å². The van der Waals surface area contributed by atoms with Gasteiger partial charge in [0.05, 0.1) is 23.7 Å². The molecule has 7 heteroatoms. The minimum Gasteiger partial charge on any atom is -0.380 e. The predicted octanol–water partition coefficient (Wildman–Crippen LogP) is 2.33. The molecule has 0 aromatic carbocycles. The number of imidazole rings is 1. The van der Waals surface area contributed by atoms with Crippen LogP contribution in [0.4, 0.5) is 0 Å². The van der Waals surface area contributed by atoms with Crippen molar-refractivity contribution in [2.75, 3.05) is 20.3 Å². The molecule has 0 spiro atoms. The summed E-state index contributed by atoms with van der Waals surface area (Å²) in [5.74, 6) is 0.510. The van der Waals surface area contributed by atoms with E-state index in [1.807, 2.05) is 4.57 Å². The number of aromatic nitrogens is 2. The van der Waals surface area contributed by atoms with Gasteiger partial charge in [0.2, 0.25) is 15.0 Å². The van der Waals surface area contributed by atoms with E-state index in [0.29, 0.717) is 25.0 Å². The third kappa shape index (κ3) is 4.37. The number of sulfone groups is 1. The van der Waals surface area contributed by atoms with E-state index in [0.717, 1.165) is 31.7 Å². The van der Waals surface area contributed by atoms with Gasteiger partial charge in [-0.15, -0.1) is 0 Å². The van der Waals surface area contributed by atoms with Crippen LogP contribution in [0.2, 0.25) is 0 Å². The highest BCUT2D eigenvalue weighted by atomic mass is 32.2. The average Bonchev–Trinajstić information content (AvgIpc) is 3.14. The molecule has 1 saturated heterocycles. The Bertz CT molecular complexity index is 632. The minimum absolute atomic E-state index is 0.212. The lowest BCUT2D eigenvalue weighted by molar-refractivity contribution is 0.154. The molecule has 1 atom stereocenters. The predicted molar refractivity (Wildman–Crippen MR) is 94.7 cm³/mol. The molecule has 1 unspecified atom stereocenters. The topological polar surface area (TPSA) is 64.4 Å². The first-order chi connectivity index (χ1) is 11.2. The Labute approximate surface area is 146 Å². The fourth-order valence-electron chi connectivity index (χ4n) is 2.84. The van der Waals surface area contributed by atoms with Crippen LogP contribution in [0.25, 0.3) is 0 Å². The highest BCUT2D eigenvalue weighted by Crippen LogP contribution is 2.21. The van der Waals surface area contributed by atoms with Gasteiger partial charge in [-0.1, -0.05) is 13.8 Å². The summed E-state index contributed by atoms with van der Waals surface area (Å²) in [6.07, 6.45) is 3.68. The second kappa shape index (κ2) is 7.97. The Hall–Kier alpha value is -0.920. The number of hydrogen-bond donors (Lipinski definition) is 0. The van der Waals surface area contributed by atoms with Crippen molar-refractivity contribution in [1.29, 1.82) is 0 Å². The Balaban J connectivity index is 2.27. The lowest BCUT2D eigenvalue weighted by Crippen LogP contribution is -2.32. The largest absolute Gasteiger partial charge is 0.380 e. The highest BCUT2D eigenvalue weighted by molar-refractivity contribution is 7.91. The Kier molecular flexibility index (Phi) is 6.45. The summed E-state index contributed by atoms with van der Waals surface area (Å²) in [7, 11) is -1.32. The summed E-state index contributed by atoms with van der Waals surface area (Å²) in [4.78, 5) is 6.52. The van der Waals surface area contributed by atoms with Gasteiger partial charge in [0.15, 0.2) is 0 Å². The summed E-state index contributed by atoms with van der Waals surface area (Å²) >= 11 is 0. The van der Waals surface area contributed by atoms with Crippen molar-refractivity contribution in [3.05, 3.63) is 11.9 Å². The maximum absolute atomic E-state index is 12.6. The summed E-state index contributed by atoms with van der Waals surface area (Å²) in [6.45, 7) is 10.6. The van der Waals surface area contributed by atoms with Gasteiger partial charge < -0.3 is 9.30 Å². The van der Waals surface area contributed by atoms with Crippen LogP contribution < -0.4 is 0 Å². The van der Waals surface area contributed by atoms with Crippen LogP contribution in [-0.2, 0) is 27.7 Å². The van der Waals surface area contributed by atoms with Gasteiger partial charge in [0.1, 0.15) is 0 Å². The first-order valence-electron chi connectivity index (χ1n) is 8.79. The molecule has 1 aromatic heterocycles. The molecule has 24 heavy (non-hydrogen) atoms. The molecule has 6 nitrogen and oxygen atoms in total. The van der Waals surface area contributed by atoms with Crippen molar-refractivity contribution in [1.82, 2.24) is 14.5 Å². The zero-order valence-electron chi connectivity index (χ0n) is 15.5. The molecular formula is C17H31N3O3S. The molecule has 1 aliphatic rings. The van der Waals surface area contributed by atoms with E-state index in [1.165, 1.54) is 0 Å². The summed E-state index contributed by atoms with van der Waals surface area (Å²) in [5, 5.41) is -0.254. The monoisotopic (exact) mass is 357 g/mol. The molecule has 0 amide bonds. The Morgan fingerprint density at radius 1 is 1.38 bits per heavy atom. The van der Waals surface area contributed by atoms with Gasteiger partial charge in [0.25, 0.3) is 0 Å². The molecule has 0 N–H and O–H groups in total. The van der Waals surface area contributed by atoms with Gasteiger partial charge in [-0.25, -0.2) is 13.4 Å². The fraction of sp³-hybridized carbons (Fsp3) is 0.824. The third-order valence-electron chi connectivity index (χ3n) is 4.65. The highest BCUT2D eigenvalue weighted by Gasteiger charge is 2.28. The van der Waals surface area contributed by atoms with E-state index in [-0.39, 0.29) is 5.16 Å². The first-order valence-corrected chi connectivity index (χ1v) is 10.3. The van der Waals surface area contributed by atoms with Crippen molar-refractivity contribution in [2.45, 2.75) is 70.1 Å². The molecule has 138 valence electrons. The van der Waals surface area contributed by atoms with Crippen LogP contribution in [0.1, 0.15) is 46.2 Å². The third-order valence-corrected chi connectivity index (χ3v) is 6.72. The smallest absolute Gasteiger partial charge is 0.228 e. The summed E-state index contributed by atoms with van der Waals surface area (Å²) in [6, 6.07) is 0.392. The number of rotatable bonds is 8. The second-order valence-corrected chi connectivity index (χ2v) is 9.79. The number of ether oxygens (including phenoxy) is 1.